The van der Waals surface area contributed by atoms with Crippen LogP contribution >= 0.6 is 7.82 Å². The van der Waals surface area contributed by atoms with E-state index in [1.807, 2.05) is 5.92 Å². The second-order valence-corrected chi connectivity index (χ2v) is 11.8. The number of aromatic nitrogens is 4. The van der Waals surface area contributed by atoms with Crippen LogP contribution in [0.2, 0.25) is 0 Å². The second kappa shape index (κ2) is 13.4. The number of nitrogens with one attached hydrogen (secondary N) is 2. The molecule has 4 heterocycles. The van der Waals surface area contributed by atoms with Crippen LogP contribution < -0.4 is 22.3 Å². The third-order valence-electron chi connectivity index (χ3n) is 7.38. The number of H-pyrrole nitrogens is 1. The summed E-state index contributed by atoms with van der Waals surface area (Å²) in [6, 6.07) is 9.30. The fourth-order valence-electron chi connectivity index (χ4n) is 4.95. The number of aromatic amines is 1. The van der Waals surface area contributed by atoms with E-state index in [9.17, 15) is 48.3 Å². The van der Waals surface area contributed by atoms with E-state index >= 15 is 0 Å². The van der Waals surface area contributed by atoms with Crippen molar-refractivity contribution < 1.29 is 52.5 Å². The molecule has 0 radical (unpaired) electrons. The van der Waals surface area contributed by atoms with Gasteiger partial charge in [0.05, 0.1) is 19.4 Å². The highest BCUT2D eigenvalue weighted by molar-refractivity contribution is 7.47. The predicted octanol–water partition coefficient (Wildman–Crippen LogP) is -1.41. The molecule has 0 spiro atoms. The Kier molecular flexibility index (Phi) is 9.70. The van der Waals surface area contributed by atoms with Crippen molar-refractivity contribution in [2.24, 2.45) is 0 Å². The lowest BCUT2D eigenvalue weighted by atomic mass is 9.93. The maximum Gasteiger partial charge on any atom is 0.472 e. The molecule has 2 fully saturated rings. The molecule has 2 saturated heterocycles. The Morgan fingerprint density at radius 2 is 1.96 bits per heavy atom. The van der Waals surface area contributed by atoms with Crippen molar-refractivity contribution >= 4 is 19.5 Å². The van der Waals surface area contributed by atoms with Crippen molar-refractivity contribution in [3.63, 3.8) is 0 Å². The van der Waals surface area contributed by atoms with Crippen molar-refractivity contribution in [3.8, 4) is 12.3 Å². The Balaban J connectivity index is 1.25. The largest absolute Gasteiger partial charge is 0.472 e. The molecule has 0 saturated carbocycles. The number of benzene rings is 1. The fourth-order valence-corrected chi connectivity index (χ4v) is 5.90. The number of amides is 1. The van der Waals surface area contributed by atoms with Gasteiger partial charge in [-0.1, -0.05) is 24.1 Å². The number of anilines is 1. The van der Waals surface area contributed by atoms with Gasteiger partial charge in [0, 0.05) is 18.2 Å². The van der Waals surface area contributed by atoms with Crippen LogP contribution in [0.15, 0.2) is 63.2 Å². The molecular formula is C27H27FN5O13P. The van der Waals surface area contributed by atoms with Crippen molar-refractivity contribution in [3.05, 3.63) is 91.5 Å². The summed E-state index contributed by atoms with van der Waals surface area (Å²) in [7, 11) is -5.10. The number of hydrogen-bond acceptors (Lipinski definition) is 13. The maximum atomic E-state index is 13.8. The molecule has 0 bridgehead atoms. The van der Waals surface area contributed by atoms with E-state index in [0.717, 1.165) is 10.8 Å². The van der Waals surface area contributed by atoms with E-state index in [1.54, 1.807) is 35.3 Å². The number of phosphoric ester groups is 1. The van der Waals surface area contributed by atoms with Gasteiger partial charge in [0.1, 0.15) is 36.5 Å². The molecule has 1 amide bonds. The third-order valence-corrected chi connectivity index (χ3v) is 8.39. The minimum atomic E-state index is -5.10. The maximum absolute atomic E-state index is 13.8. The zero-order valence-corrected chi connectivity index (χ0v) is 24.8. The summed E-state index contributed by atoms with van der Waals surface area (Å²) in [5.74, 6) is -0.0578. The Morgan fingerprint density at radius 3 is 2.62 bits per heavy atom. The molecule has 3 aromatic rings. The van der Waals surface area contributed by atoms with Crippen molar-refractivity contribution in [2.75, 3.05) is 18.5 Å². The van der Waals surface area contributed by atoms with Crippen LogP contribution in [0, 0.1) is 18.2 Å². The highest BCUT2D eigenvalue weighted by atomic mass is 31.2. The summed E-state index contributed by atoms with van der Waals surface area (Å²) in [5.41, 5.74) is -5.61. The van der Waals surface area contributed by atoms with Gasteiger partial charge in [0.25, 0.3) is 11.5 Å². The first kappa shape index (κ1) is 34.0. The first-order chi connectivity index (χ1) is 22.3. The highest BCUT2D eigenvalue weighted by Crippen LogP contribution is 2.49. The molecule has 18 nitrogen and oxygen atoms in total. The number of hydrogen-bond donors (Lipinski definition) is 6. The van der Waals surface area contributed by atoms with Crippen molar-refractivity contribution in [1.82, 2.24) is 19.1 Å². The number of aliphatic hydroxyl groups is 3. The van der Waals surface area contributed by atoms with Crippen LogP contribution in [-0.4, -0.2) is 88.5 Å². The summed E-state index contributed by atoms with van der Waals surface area (Å²) < 4.78 is 49.1. The number of aliphatic hydroxyl groups excluding tert-OH is 2. The molecule has 5 rings (SSSR count). The fraction of sp³-hybridized carbons (Fsp3) is 0.370. The van der Waals surface area contributed by atoms with Crippen molar-refractivity contribution in [1.29, 1.82) is 0 Å². The van der Waals surface area contributed by atoms with Crippen LogP contribution in [0.3, 0.4) is 0 Å². The lowest BCUT2D eigenvalue weighted by Crippen LogP contribution is -2.48. The van der Waals surface area contributed by atoms with Gasteiger partial charge in [-0.25, -0.2) is 14.2 Å². The average molecular weight is 680 g/mol. The Morgan fingerprint density at radius 1 is 1.23 bits per heavy atom. The molecule has 2 aliphatic heterocycles. The number of terminal acetylenes is 1. The van der Waals surface area contributed by atoms with Gasteiger partial charge in [-0.2, -0.15) is 9.37 Å². The van der Waals surface area contributed by atoms with Gasteiger partial charge < -0.3 is 35.0 Å². The molecule has 2 aliphatic rings. The number of rotatable bonds is 10. The average Bonchev–Trinajstić information content (AvgIpc) is 3.55. The first-order valence-electron chi connectivity index (χ1n) is 13.7. The number of nitrogens with zero attached hydrogens (tertiary/aromatic N) is 3. The van der Waals surface area contributed by atoms with Crippen molar-refractivity contribution in [2.45, 2.75) is 48.9 Å². The number of carbonyl (C=O) groups is 1. The molecule has 250 valence electrons. The minimum Gasteiger partial charge on any atom is -0.394 e. The van der Waals surface area contributed by atoms with Gasteiger partial charge in [-0.15, -0.1) is 6.42 Å². The normalized spacial score (nSPS) is 28.4. The van der Waals surface area contributed by atoms with Crippen LogP contribution in [0.4, 0.5) is 10.2 Å². The Labute approximate surface area is 262 Å². The Bertz CT molecular complexity index is 1910. The van der Waals surface area contributed by atoms with Gasteiger partial charge in [0.15, 0.2) is 11.8 Å². The molecular weight excluding hydrogens is 652 g/mol. The molecule has 4 unspecified atom stereocenters. The summed E-state index contributed by atoms with van der Waals surface area (Å²) in [4.78, 5) is 64.5. The van der Waals surface area contributed by atoms with Gasteiger partial charge >= 0.3 is 19.2 Å². The lowest BCUT2D eigenvalue weighted by molar-refractivity contribution is -0.0681. The van der Waals surface area contributed by atoms with Crippen LogP contribution in [0.5, 0.6) is 0 Å². The number of halogens is 1. The molecule has 0 aliphatic carbocycles. The second-order valence-electron chi connectivity index (χ2n) is 10.4. The van der Waals surface area contributed by atoms with E-state index in [1.165, 1.54) is 6.07 Å². The number of phosphoric acid groups is 1. The van der Waals surface area contributed by atoms with Crippen LogP contribution in [-0.2, 0) is 23.1 Å². The molecule has 6 N–H and O–H groups in total. The van der Waals surface area contributed by atoms with Crippen LogP contribution in [0.1, 0.15) is 29.2 Å². The zero-order valence-electron chi connectivity index (χ0n) is 23.9. The molecule has 1 aromatic carbocycles. The summed E-state index contributed by atoms with van der Waals surface area (Å²) in [5, 5.41) is 34.0. The molecule has 2 aromatic heterocycles. The highest BCUT2D eigenvalue weighted by Gasteiger charge is 2.56. The van der Waals surface area contributed by atoms with E-state index in [4.69, 9.17) is 24.9 Å². The third kappa shape index (κ3) is 7.01. The van der Waals surface area contributed by atoms with E-state index in [2.05, 4.69) is 10.3 Å². The van der Waals surface area contributed by atoms with E-state index < -0.39 is 92.2 Å². The monoisotopic (exact) mass is 679 g/mol. The quantitative estimate of drug-likeness (QED) is 0.106. The summed E-state index contributed by atoms with van der Waals surface area (Å²) in [6.07, 6.45) is -2.66. The van der Waals surface area contributed by atoms with E-state index in [0.29, 0.717) is 16.3 Å². The smallest absolute Gasteiger partial charge is 0.394 e. The van der Waals surface area contributed by atoms with Gasteiger partial charge in [0.2, 0.25) is 5.82 Å². The van der Waals surface area contributed by atoms with Gasteiger partial charge in [-0.3, -0.25) is 32.8 Å². The Hall–Kier alpha value is -4.35. The standard InChI is InChI=1S/C27H27FN5O13P/c1-2-27(40)18(45-24(21(27)35)32-9-8-19(30-25(32)38)29-22(36)14-6-4-3-5-7-14)13-43-47(41,42)46-16-10-20(44-17(16)12-34)33-11-15(28)23(37)31-26(33)39/h1,3-9,11,16-18,20-21,24,34-35,40H,10,12-13H2,(H,41,42)(H,31,37,39)(H,29,30,36,38)/t16?,17-,18+,20-,21?,24+,27?/m1/s1. The number of carbonyl (C=O) groups excluding carboxylic acids is 1. The topological polar surface area (TPSA) is 254 Å². The summed E-state index contributed by atoms with van der Waals surface area (Å²) >= 11 is 0. The van der Waals surface area contributed by atoms with Crippen LogP contribution in [0.25, 0.3) is 0 Å². The first-order valence-corrected chi connectivity index (χ1v) is 15.2. The number of ether oxygens (including phenoxy) is 2. The SMILES string of the molecule is C#CC1(O)C(O)[C@@H](n2ccc(NC(=O)c3ccccc3)nc2=O)O[C@H]1COP(=O)(O)OC1C[C@H](n2cc(F)c(=O)[nH]c2=O)O[C@@H]1CO. The lowest BCUT2D eigenvalue weighted by Gasteiger charge is -2.26. The predicted molar refractivity (Wildman–Crippen MR) is 154 cm³/mol. The van der Waals surface area contributed by atoms with Gasteiger partial charge in [-0.05, 0) is 18.2 Å². The van der Waals surface area contributed by atoms with E-state index in [-0.39, 0.29) is 12.2 Å². The minimum absolute atomic E-state index is 0.132. The molecule has 20 heteroatoms. The summed E-state index contributed by atoms with van der Waals surface area (Å²) in [6.45, 7) is -1.74. The molecule has 47 heavy (non-hydrogen) atoms. The zero-order chi connectivity index (χ0) is 34.1. The molecule has 8 atom stereocenters.